The van der Waals surface area contributed by atoms with Gasteiger partial charge in [-0.15, -0.1) is 0 Å². The van der Waals surface area contributed by atoms with Gasteiger partial charge in [-0.2, -0.15) is 0 Å². The van der Waals surface area contributed by atoms with E-state index < -0.39 is 22.8 Å². The Labute approximate surface area is 122 Å². The van der Waals surface area contributed by atoms with E-state index in [4.69, 9.17) is 18.9 Å². The van der Waals surface area contributed by atoms with Crippen LogP contribution < -0.4 is 0 Å². The maximum Gasteiger partial charge on any atom is 0.198 e. The predicted octanol–water partition coefficient (Wildman–Crippen LogP) is 3.38. The average Bonchev–Trinajstić information content (AvgIpc) is 3.08. The highest BCUT2D eigenvalue weighted by molar-refractivity contribution is 5.08. The minimum atomic E-state index is -0.607. The molecule has 0 aromatic heterocycles. The smallest absolute Gasteiger partial charge is 0.198 e. The van der Waals surface area contributed by atoms with E-state index in [-0.39, 0.29) is 0 Å². The van der Waals surface area contributed by atoms with Crippen LogP contribution in [-0.4, -0.2) is 36.0 Å². The Kier molecular flexibility index (Phi) is 3.45. The van der Waals surface area contributed by atoms with E-state index >= 15 is 0 Å². The van der Waals surface area contributed by atoms with Crippen LogP contribution in [0.4, 0.5) is 0 Å². The van der Waals surface area contributed by atoms with E-state index in [1.165, 1.54) is 0 Å². The number of ether oxygens (including phenoxy) is 4. The lowest BCUT2D eigenvalue weighted by molar-refractivity contribution is -0.480. The SMILES string of the molecule is CCC1(C)OC2(CCCO2)C(C)(CC)OC12CCCO2. The molecule has 0 saturated carbocycles. The van der Waals surface area contributed by atoms with Gasteiger partial charge in [0.25, 0.3) is 0 Å². The summed E-state index contributed by atoms with van der Waals surface area (Å²) in [4.78, 5) is 0. The van der Waals surface area contributed by atoms with Gasteiger partial charge in [0.2, 0.25) is 0 Å². The van der Waals surface area contributed by atoms with Crippen molar-refractivity contribution in [3.05, 3.63) is 0 Å². The summed E-state index contributed by atoms with van der Waals surface area (Å²) in [7, 11) is 0. The van der Waals surface area contributed by atoms with E-state index in [0.717, 1.165) is 51.7 Å². The largest absolute Gasteiger partial charge is 0.347 e. The maximum atomic E-state index is 6.64. The molecule has 0 aromatic rings. The number of hydrogen-bond acceptors (Lipinski definition) is 4. The van der Waals surface area contributed by atoms with Crippen LogP contribution in [0.1, 0.15) is 66.2 Å². The summed E-state index contributed by atoms with van der Waals surface area (Å²) in [5.74, 6) is -1.21. The molecule has 4 nitrogen and oxygen atoms in total. The maximum absolute atomic E-state index is 6.64. The molecule has 3 aliphatic heterocycles. The summed E-state index contributed by atoms with van der Waals surface area (Å²) in [6.45, 7) is 10.0. The molecule has 0 radical (unpaired) electrons. The average molecular weight is 284 g/mol. The van der Waals surface area contributed by atoms with Gasteiger partial charge in [0.15, 0.2) is 11.6 Å². The molecule has 3 heterocycles. The third kappa shape index (κ3) is 1.75. The topological polar surface area (TPSA) is 36.9 Å². The Bertz CT molecular complexity index is 335. The third-order valence-electron chi connectivity index (χ3n) is 5.71. The molecule has 3 saturated heterocycles. The van der Waals surface area contributed by atoms with Crippen LogP contribution in [0.2, 0.25) is 0 Å². The van der Waals surface area contributed by atoms with E-state index in [0.29, 0.717) is 0 Å². The van der Waals surface area contributed by atoms with Crippen LogP contribution in [0.15, 0.2) is 0 Å². The summed E-state index contributed by atoms with van der Waals surface area (Å²) in [6, 6.07) is 0. The molecule has 0 aromatic carbocycles. The van der Waals surface area contributed by atoms with Crippen LogP contribution in [0.5, 0.6) is 0 Å². The van der Waals surface area contributed by atoms with Crippen molar-refractivity contribution in [1.29, 1.82) is 0 Å². The van der Waals surface area contributed by atoms with Crippen molar-refractivity contribution in [2.45, 2.75) is 89.0 Å². The van der Waals surface area contributed by atoms with Crippen molar-refractivity contribution in [3.63, 3.8) is 0 Å². The second kappa shape index (κ2) is 4.67. The Morgan fingerprint density at radius 2 is 1.15 bits per heavy atom. The van der Waals surface area contributed by atoms with Gasteiger partial charge in [0.05, 0.1) is 13.2 Å². The summed E-state index contributed by atoms with van der Waals surface area (Å²) in [5, 5.41) is 0. The summed E-state index contributed by atoms with van der Waals surface area (Å²) < 4.78 is 25.5. The zero-order valence-electron chi connectivity index (χ0n) is 13.3. The van der Waals surface area contributed by atoms with Gasteiger partial charge < -0.3 is 18.9 Å². The van der Waals surface area contributed by atoms with Gasteiger partial charge in [-0.1, -0.05) is 13.8 Å². The van der Waals surface area contributed by atoms with E-state index in [9.17, 15) is 0 Å². The Balaban J connectivity index is 2.02. The molecular formula is C16H28O4. The minimum Gasteiger partial charge on any atom is -0.347 e. The Morgan fingerprint density at radius 3 is 1.40 bits per heavy atom. The van der Waals surface area contributed by atoms with Gasteiger partial charge in [0.1, 0.15) is 11.2 Å². The van der Waals surface area contributed by atoms with Gasteiger partial charge in [-0.3, -0.25) is 0 Å². The van der Waals surface area contributed by atoms with Gasteiger partial charge in [-0.05, 0) is 39.5 Å². The van der Waals surface area contributed by atoms with E-state index in [1.54, 1.807) is 0 Å². The summed E-state index contributed by atoms with van der Waals surface area (Å²) >= 11 is 0. The van der Waals surface area contributed by atoms with Gasteiger partial charge >= 0.3 is 0 Å². The van der Waals surface area contributed by atoms with Crippen molar-refractivity contribution in [2.24, 2.45) is 0 Å². The molecule has 0 bridgehead atoms. The molecule has 116 valence electrons. The van der Waals surface area contributed by atoms with E-state index in [1.807, 2.05) is 0 Å². The second-order valence-electron chi connectivity index (χ2n) is 6.78. The van der Waals surface area contributed by atoms with Crippen molar-refractivity contribution in [3.8, 4) is 0 Å². The Hall–Kier alpha value is -0.160. The highest BCUT2D eigenvalue weighted by atomic mass is 16.8. The fourth-order valence-electron chi connectivity index (χ4n) is 4.01. The lowest BCUT2D eigenvalue weighted by Gasteiger charge is -2.61. The monoisotopic (exact) mass is 284 g/mol. The third-order valence-corrected chi connectivity index (χ3v) is 5.71. The van der Waals surface area contributed by atoms with Gasteiger partial charge in [-0.25, -0.2) is 0 Å². The zero-order chi connectivity index (χ0) is 14.5. The standard InChI is InChI=1S/C16H28O4/c1-5-13(3)15(9-7-11-17-15)20-14(4,6-2)16(19-13)10-8-12-18-16/h5-12H2,1-4H3. The zero-order valence-corrected chi connectivity index (χ0v) is 13.3. The van der Waals surface area contributed by atoms with E-state index in [2.05, 4.69) is 27.7 Å². The fraction of sp³-hybridized carbons (Fsp3) is 1.00. The summed E-state index contributed by atoms with van der Waals surface area (Å²) in [6.07, 6.45) is 5.60. The van der Waals surface area contributed by atoms with Crippen molar-refractivity contribution < 1.29 is 18.9 Å². The molecule has 20 heavy (non-hydrogen) atoms. The quantitative estimate of drug-likeness (QED) is 0.779. The molecule has 0 N–H and O–H groups in total. The molecule has 4 atom stereocenters. The Morgan fingerprint density at radius 1 is 0.750 bits per heavy atom. The molecule has 2 spiro atoms. The van der Waals surface area contributed by atoms with Crippen molar-refractivity contribution in [1.82, 2.24) is 0 Å². The number of rotatable bonds is 2. The van der Waals surface area contributed by atoms with Crippen LogP contribution in [-0.2, 0) is 18.9 Å². The van der Waals surface area contributed by atoms with Crippen LogP contribution in [0.25, 0.3) is 0 Å². The summed E-state index contributed by atoms with van der Waals surface area (Å²) in [5.41, 5.74) is -0.884. The van der Waals surface area contributed by atoms with Crippen molar-refractivity contribution in [2.75, 3.05) is 13.2 Å². The molecule has 4 heteroatoms. The lowest BCUT2D eigenvalue weighted by Crippen LogP contribution is -2.73. The molecule has 3 fully saturated rings. The fourth-order valence-corrected chi connectivity index (χ4v) is 4.01. The lowest BCUT2D eigenvalue weighted by atomic mass is 9.80. The predicted molar refractivity (Wildman–Crippen MR) is 75.4 cm³/mol. The van der Waals surface area contributed by atoms with Crippen LogP contribution >= 0.6 is 0 Å². The van der Waals surface area contributed by atoms with Crippen molar-refractivity contribution >= 4 is 0 Å². The molecule has 3 rings (SSSR count). The van der Waals surface area contributed by atoms with Crippen LogP contribution in [0.3, 0.4) is 0 Å². The molecular weight excluding hydrogens is 256 g/mol. The second-order valence-corrected chi connectivity index (χ2v) is 6.78. The van der Waals surface area contributed by atoms with Gasteiger partial charge in [0, 0.05) is 12.8 Å². The number of hydrogen-bond donors (Lipinski definition) is 0. The first-order chi connectivity index (χ1) is 9.45. The highest BCUT2D eigenvalue weighted by Crippen LogP contribution is 2.57. The molecule has 0 amide bonds. The first-order valence-electron chi connectivity index (χ1n) is 8.13. The molecule has 0 aliphatic carbocycles. The molecule has 4 unspecified atom stereocenters. The normalized spacial score (nSPS) is 52.2. The first kappa shape index (κ1) is 14.8. The minimum absolute atomic E-state index is 0.442. The molecule has 3 aliphatic rings. The first-order valence-corrected chi connectivity index (χ1v) is 8.13. The van der Waals surface area contributed by atoms with Crippen LogP contribution in [0, 0.1) is 0 Å². The highest BCUT2D eigenvalue weighted by Gasteiger charge is 2.69.